The fourth-order valence-corrected chi connectivity index (χ4v) is 6.89. The first-order valence-electron chi connectivity index (χ1n) is 18.6. The summed E-state index contributed by atoms with van der Waals surface area (Å²) in [6, 6.07) is 33.1. The van der Waals surface area contributed by atoms with E-state index in [0.29, 0.717) is 23.3 Å². The fraction of sp³-hybridized carbons (Fsp3) is 0.233. The van der Waals surface area contributed by atoms with Gasteiger partial charge in [0.15, 0.2) is 11.6 Å². The molecule has 6 rings (SSSR count). The van der Waals surface area contributed by atoms with E-state index in [-0.39, 0.29) is 49.5 Å². The largest absolute Gasteiger partial charge is 0.450 e. The predicted molar refractivity (Wildman–Crippen MR) is 193 cm³/mol. The first-order valence-corrected chi connectivity index (χ1v) is 17.1. The molecule has 53 heavy (non-hydrogen) atoms. The van der Waals surface area contributed by atoms with Crippen LogP contribution in [-0.4, -0.2) is 60.9 Å². The molecule has 5 aromatic rings. The number of benzene rings is 5. The molecule has 3 atom stereocenters. The lowest BCUT2D eigenvalue weighted by molar-refractivity contribution is -0.908. The second-order valence-electron chi connectivity index (χ2n) is 13.5. The minimum atomic E-state index is -2.61. The highest BCUT2D eigenvalue weighted by Crippen LogP contribution is 2.44. The van der Waals surface area contributed by atoms with Crippen molar-refractivity contribution in [3.63, 3.8) is 0 Å². The number of nitrogens with zero attached hydrogens (tertiary/aromatic N) is 2. The van der Waals surface area contributed by atoms with Gasteiger partial charge in [0, 0.05) is 36.7 Å². The van der Waals surface area contributed by atoms with Crippen LogP contribution in [0.4, 0.5) is 13.2 Å². The molecule has 0 saturated carbocycles. The summed E-state index contributed by atoms with van der Waals surface area (Å²) in [5.41, 5.74) is -0.309. The van der Waals surface area contributed by atoms with Gasteiger partial charge in [0.2, 0.25) is 5.91 Å². The SMILES string of the molecule is [2H]C([2H])([2H])[N+](C)(Cc1ccccc1)C[C@@H]1CN(C(=O)Cc2cc(F)c(F)cc2F)CC[C@@]1(OC(=O)c1ccccc1)c1cccc(OC(=O)c2ccccc2)c1. The molecule has 7 nitrogen and oxygen atoms in total. The van der Waals surface area contributed by atoms with Crippen molar-refractivity contribution in [3.8, 4) is 5.75 Å². The second-order valence-corrected chi connectivity index (χ2v) is 13.5. The minimum Gasteiger partial charge on any atom is -0.450 e. The maximum absolute atomic E-state index is 14.7. The van der Waals surface area contributed by atoms with Gasteiger partial charge in [0.1, 0.15) is 23.7 Å². The molecule has 0 spiro atoms. The van der Waals surface area contributed by atoms with Crippen LogP contribution >= 0.6 is 0 Å². The normalized spacial score (nSPS) is 19.2. The van der Waals surface area contributed by atoms with E-state index in [4.69, 9.17) is 13.6 Å². The standard InChI is InChI=1S/C43H40F3N2O5/c1-48(2,28-30-13-6-3-7-14-30)29-35-27-47(40(49)24-33-23-38(45)39(46)26-37(33)44)22-21-43(35,53-42(51)32-17-10-5-11-18-32)34-19-12-20-36(25-34)52-41(50)31-15-8-4-9-16-31/h3-20,23,25-26,35H,21-22,24,27-29H2,1-2H3/q+1/t35-,43+/m0/s1/i1D3/t35-,43+,48?. The number of carbonyl (C=O) groups excluding carboxylic acids is 3. The van der Waals surface area contributed by atoms with Crippen LogP contribution in [0.25, 0.3) is 0 Å². The van der Waals surface area contributed by atoms with Gasteiger partial charge in [-0.15, -0.1) is 0 Å². The summed E-state index contributed by atoms with van der Waals surface area (Å²) >= 11 is 0. The van der Waals surface area contributed by atoms with E-state index in [9.17, 15) is 27.6 Å². The van der Waals surface area contributed by atoms with Gasteiger partial charge in [-0.05, 0) is 48.0 Å². The van der Waals surface area contributed by atoms with Gasteiger partial charge in [0.05, 0.1) is 48.1 Å². The van der Waals surface area contributed by atoms with Crippen molar-refractivity contribution in [2.24, 2.45) is 5.92 Å². The zero-order valence-electron chi connectivity index (χ0n) is 32.0. The lowest BCUT2D eigenvalue weighted by Crippen LogP contribution is -2.59. The van der Waals surface area contributed by atoms with E-state index in [2.05, 4.69) is 0 Å². The number of ether oxygens (including phenoxy) is 2. The first kappa shape index (κ1) is 33.1. The van der Waals surface area contributed by atoms with Gasteiger partial charge in [-0.25, -0.2) is 22.8 Å². The van der Waals surface area contributed by atoms with Crippen LogP contribution in [0.3, 0.4) is 0 Å². The van der Waals surface area contributed by atoms with Gasteiger partial charge in [-0.1, -0.05) is 78.9 Å². The molecule has 0 bridgehead atoms. The Morgan fingerprint density at radius 2 is 1.42 bits per heavy atom. The summed E-state index contributed by atoms with van der Waals surface area (Å²) in [4.78, 5) is 42.5. The lowest BCUT2D eigenvalue weighted by Gasteiger charge is -2.49. The van der Waals surface area contributed by atoms with Crippen LogP contribution in [-0.2, 0) is 28.1 Å². The zero-order valence-corrected chi connectivity index (χ0v) is 29.0. The van der Waals surface area contributed by atoms with E-state index >= 15 is 0 Å². The summed E-state index contributed by atoms with van der Waals surface area (Å²) in [7, 11) is 1.57. The number of quaternary nitrogens is 1. The van der Waals surface area contributed by atoms with Crippen LogP contribution < -0.4 is 4.74 Å². The number of esters is 2. The quantitative estimate of drug-likeness (QED) is 0.0604. The Hall–Kier alpha value is -5.74. The van der Waals surface area contributed by atoms with Gasteiger partial charge in [-0.3, -0.25) is 4.79 Å². The molecule has 1 amide bonds. The molecule has 1 aliphatic heterocycles. The lowest BCUT2D eigenvalue weighted by atomic mass is 9.74. The number of rotatable bonds is 11. The summed E-state index contributed by atoms with van der Waals surface area (Å²) in [5.74, 6) is -6.55. The Morgan fingerprint density at radius 3 is 2.08 bits per heavy atom. The average Bonchev–Trinajstić information content (AvgIpc) is 3.18. The van der Waals surface area contributed by atoms with E-state index in [1.54, 1.807) is 104 Å². The monoisotopic (exact) mass is 724 g/mol. The fourth-order valence-electron chi connectivity index (χ4n) is 6.89. The summed E-state index contributed by atoms with van der Waals surface area (Å²) in [6.07, 6.45) is -0.655. The number of likely N-dealkylation sites (tertiary alicyclic amines) is 1. The van der Waals surface area contributed by atoms with Crippen molar-refractivity contribution in [1.29, 1.82) is 0 Å². The molecule has 0 aromatic heterocycles. The van der Waals surface area contributed by atoms with Crippen molar-refractivity contribution < 1.29 is 45.6 Å². The van der Waals surface area contributed by atoms with Crippen molar-refractivity contribution in [2.45, 2.75) is 25.0 Å². The summed E-state index contributed by atoms with van der Waals surface area (Å²) < 4.78 is 80.7. The van der Waals surface area contributed by atoms with Crippen molar-refractivity contribution in [3.05, 3.63) is 173 Å². The number of hydrogen-bond donors (Lipinski definition) is 0. The zero-order chi connectivity index (χ0) is 40.1. The number of halogens is 3. The summed E-state index contributed by atoms with van der Waals surface area (Å²) in [6.45, 7) is -2.95. The number of piperidine rings is 1. The van der Waals surface area contributed by atoms with Crippen molar-refractivity contribution in [2.75, 3.05) is 33.7 Å². The smallest absolute Gasteiger partial charge is 0.343 e. The number of amides is 1. The molecule has 0 N–H and O–H groups in total. The molecule has 5 aromatic carbocycles. The molecule has 1 aliphatic rings. The summed E-state index contributed by atoms with van der Waals surface area (Å²) in [5, 5.41) is 0. The third-order valence-corrected chi connectivity index (χ3v) is 9.46. The van der Waals surface area contributed by atoms with Gasteiger partial charge in [0.25, 0.3) is 0 Å². The highest BCUT2D eigenvalue weighted by Gasteiger charge is 2.51. The maximum atomic E-state index is 14.7. The van der Waals surface area contributed by atoms with Crippen LogP contribution in [0.15, 0.2) is 127 Å². The molecule has 272 valence electrons. The minimum absolute atomic E-state index is 0.0410. The Bertz CT molecular complexity index is 2190. The molecule has 0 radical (unpaired) electrons. The molecule has 1 heterocycles. The van der Waals surface area contributed by atoms with E-state index in [1.165, 1.54) is 4.90 Å². The Morgan fingerprint density at radius 1 is 0.792 bits per heavy atom. The third-order valence-electron chi connectivity index (χ3n) is 9.46. The molecular formula is C43H40F3N2O5+. The molecule has 1 fully saturated rings. The Balaban J connectivity index is 1.45. The molecule has 1 unspecified atom stereocenters. The van der Waals surface area contributed by atoms with Crippen LogP contribution in [0.5, 0.6) is 5.75 Å². The topological polar surface area (TPSA) is 72.9 Å². The molecular weight excluding hydrogens is 681 g/mol. The van der Waals surface area contributed by atoms with Crippen LogP contribution in [0.2, 0.25) is 0 Å². The Kier molecular flexibility index (Phi) is 9.92. The maximum Gasteiger partial charge on any atom is 0.343 e. The van der Waals surface area contributed by atoms with E-state index in [0.717, 1.165) is 5.56 Å². The second kappa shape index (κ2) is 15.9. The predicted octanol–water partition coefficient (Wildman–Crippen LogP) is 7.74. The van der Waals surface area contributed by atoms with Gasteiger partial charge < -0.3 is 18.9 Å². The van der Waals surface area contributed by atoms with Crippen LogP contribution in [0.1, 0.15) is 47.9 Å². The van der Waals surface area contributed by atoms with Crippen molar-refractivity contribution in [1.82, 2.24) is 4.90 Å². The third kappa shape index (κ3) is 8.84. The van der Waals surface area contributed by atoms with Gasteiger partial charge in [-0.2, -0.15) is 0 Å². The first-order chi connectivity index (χ1) is 26.7. The average molecular weight is 725 g/mol. The highest BCUT2D eigenvalue weighted by atomic mass is 19.2. The van der Waals surface area contributed by atoms with Crippen LogP contribution in [0, 0.1) is 23.4 Å². The number of hydrogen-bond acceptors (Lipinski definition) is 5. The van der Waals surface area contributed by atoms with E-state index < -0.39 is 64.7 Å². The van der Waals surface area contributed by atoms with Crippen molar-refractivity contribution >= 4 is 17.8 Å². The van der Waals surface area contributed by atoms with Gasteiger partial charge >= 0.3 is 11.9 Å². The highest BCUT2D eigenvalue weighted by molar-refractivity contribution is 5.91. The molecule has 0 aliphatic carbocycles. The van der Waals surface area contributed by atoms with E-state index in [1.807, 2.05) is 18.2 Å². The number of carbonyl (C=O) groups is 3. The molecule has 10 heteroatoms. The molecule has 1 saturated heterocycles. The Labute approximate surface area is 311 Å².